The molecule has 1 aromatic heterocycles. The first-order valence-corrected chi connectivity index (χ1v) is 3.63. The number of nitrogens with one attached hydrogen (secondary N) is 1. The van der Waals surface area contributed by atoms with Crippen molar-refractivity contribution >= 4 is 5.91 Å². The van der Waals surface area contributed by atoms with E-state index in [4.69, 9.17) is 0 Å². The van der Waals surface area contributed by atoms with Crippen molar-refractivity contribution in [2.45, 2.75) is 13.5 Å². The van der Waals surface area contributed by atoms with Gasteiger partial charge in [0.1, 0.15) is 0 Å². The predicted molar refractivity (Wildman–Crippen MR) is 42.4 cm³/mol. The van der Waals surface area contributed by atoms with Crippen molar-refractivity contribution in [2.24, 2.45) is 0 Å². The van der Waals surface area contributed by atoms with Gasteiger partial charge in [0, 0.05) is 12.7 Å². The first-order chi connectivity index (χ1) is 5.77. The van der Waals surface area contributed by atoms with Crippen molar-refractivity contribution in [3.8, 4) is 0 Å². The minimum atomic E-state index is -0.280. The molecule has 5 nitrogen and oxygen atoms in total. The zero-order chi connectivity index (χ0) is 8.97. The van der Waals surface area contributed by atoms with E-state index in [9.17, 15) is 4.79 Å². The number of aryl methyl sites for hydroxylation is 1. The standard InChI is InChI=1S/C7H11N3O2/c1-3-10-5-6(4-8-10)7(11)9-12-2/h4-5H,3H2,1-2H3,(H,9,11). The van der Waals surface area contributed by atoms with E-state index < -0.39 is 0 Å². The highest BCUT2D eigenvalue weighted by molar-refractivity contribution is 5.92. The molecule has 0 aromatic carbocycles. The molecule has 0 aliphatic rings. The molecule has 0 saturated heterocycles. The molecular weight excluding hydrogens is 158 g/mol. The van der Waals surface area contributed by atoms with Crippen molar-refractivity contribution in [1.82, 2.24) is 15.3 Å². The van der Waals surface area contributed by atoms with Gasteiger partial charge >= 0.3 is 0 Å². The second-order valence-electron chi connectivity index (χ2n) is 2.22. The van der Waals surface area contributed by atoms with Crippen molar-refractivity contribution in [3.05, 3.63) is 18.0 Å². The van der Waals surface area contributed by atoms with Crippen molar-refractivity contribution in [1.29, 1.82) is 0 Å². The minimum Gasteiger partial charge on any atom is -0.277 e. The number of hydrogen-bond acceptors (Lipinski definition) is 3. The van der Waals surface area contributed by atoms with Crippen LogP contribution in [0.4, 0.5) is 0 Å². The van der Waals surface area contributed by atoms with Crippen LogP contribution in [-0.2, 0) is 11.4 Å². The zero-order valence-electron chi connectivity index (χ0n) is 7.07. The Morgan fingerprint density at radius 1 is 1.83 bits per heavy atom. The molecule has 0 aliphatic heterocycles. The summed E-state index contributed by atoms with van der Waals surface area (Å²) in [5, 5.41) is 3.94. The van der Waals surface area contributed by atoms with Gasteiger partial charge in [0.05, 0.1) is 18.9 Å². The molecule has 1 heterocycles. The molecule has 0 spiro atoms. The van der Waals surface area contributed by atoms with E-state index in [1.165, 1.54) is 13.3 Å². The van der Waals surface area contributed by atoms with E-state index in [0.717, 1.165) is 6.54 Å². The molecule has 1 amide bonds. The molecule has 5 heteroatoms. The van der Waals surface area contributed by atoms with Gasteiger partial charge in [0.25, 0.3) is 5.91 Å². The Morgan fingerprint density at radius 3 is 3.08 bits per heavy atom. The van der Waals surface area contributed by atoms with Crippen LogP contribution in [0.1, 0.15) is 17.3 Å². The number of aromatic nitrogens is 2. The largest absolute Gasteiger partial charge is 0.278 e. The van der Waals surface area contributed by atoms with E-state index in [1.54, 1.807) is 10.9 Å². The highest BCUT2D eigenvalue weighted by Crippen LogP contribution is 1.96. The number of carbonyl (C=O) groups excluding carboxylic acids is 1. The number of rotatable bonds is 3. The fourth-order valence-electron chi connectivity index (χ4n) is 0.805. The lowest BCUT2D eigenvalue weighted by Gasteiger charge is -1.96. The van der Waals surface area contributed by atoms with Crippen LogP contribution in [0.2, 0.25) is 0 Å². The lowest BCUT2D eigenvalue weighted by molar-refractivity contribution is 0.0537. The van der Waals surface area contributed by atoms with Gasteiger partial charge in [-0.25, -0.2) is 5.48 Å². The molecule has 0 fully saturated rings. The van der Waals surface area contributed by atoms with E-state index in [1.807, 2.05) is 6.92 Å². The number of amides is 1. The van der Waals surface area contributed by atoms with Crippen LogP contribution in [0.3, 0.4) is 0 Å². The lowest BCUT2D eigenvalue weighted by Crippen LogP contribution is -2.21. The maximum atomic E-state index is 11.1. The number of hydroxylamine groups is 1. The number of carbonyl (C=O) groups is 1. The summed E-state index contributed by atoms with van der Waals surface area (Å²) in [4.78, 5) is 15.5. The van der Waals surface area contributed by atoms with Crippen molar-refractivity contribution < 1.29 is 9.63 Å². The molecule has 0 bridgehead atoms. The SMILES string of the molecule is CCn1cc(C(=O)NOC)cn1. The third-order valence-electron chi connectivity index (χ3n) is 1.41. The molecule has 12 heavy (non-hydrogen) atoms. The Kier molecular flexibility index (Phi) is 2.82. The first-order valence-electron chi connectivity index (χ1n) is 3.63. The topological polar surface area (TPSA) is 56.2 Å². The molecule has 66 valence electrons. The molecule has 0 saturated carbocycles. The highest BCUT2D eigenvalue weighted by atomic mass is 16.6. The Bertz CT molecular complexity index is 269. The second kappa shape index (κ2) is 3.87. The Morgan fingerprint density at radius 2 is 2.58 bits per heavy atom. The second-order valence-corrected chi connectivity index (χ2v) is 2.22. The van der Waals surface area contributed by atoms with Crippen molar-refractivity contribution in [2.75, 3.05) is 7.11 Å². The first kappa shape index (κ1) is 8.73. The fraction of sp³-hybridized carbons (Fsp3) is 0.429. The lowest BCUT2D eigenvalue weighted by atomic mass is 10.3. The minimum absolute atomic E-state index is 0.280. The van der Waals surface area contributed by atoms with E-state index in [0.29, 0.717) is 5.56 Å². The molecule has 0 aliphatic carbocycles. The Balaban J connectivity index is 2.68. The maximum Gasteiger partial charge on any atom is 0.278 e. The maximum absolute atomic E-state index is 11.1. The van der Waals surface area contributed by atoms with Crippen molar-refractivity contribution in [3.63, 3.8) is 0 Å². The van der Waals surface area contributed by atoms with Gasteiger partial charge in [0.2, 0.25) is 0 Å². The Hall–Kier alpha value is -1.36. The molecule has 0 unspecified atom stereocenters. The van der Waals surface area contributed by atoms with Gasteiger partial charge in [-0.05, 0) is 6.92 Å². The average molecular weight is 169 g/mol. The molecule has 0 atom stereocenters. The third kappa shape index (κ3) is 1.82. The smallest absolute Gasteiger partial charge is 0.277 e. The van der Waals surface area contributed by atoms with Crippen LogP contribution in [0.5, 0.6) is 0 Å². The van der Waals surface area contributed by atoms with Gasteiger partial charge < -0.3 is 0 Å². The summed E-state index contributed by atoms with van der Waals surface area (Å²) in [6, 6.07) is 0. The molecule has 0 radical (unpaired) electrons. The number of hydrogen-bond donors (Lipinski definition) is 1. The highest BCUT2D eigenvalue weighted by Gasteiger charge is 2.06. The summed E-state index contributed by atoms with van der Waals surface area (Å²) in [5.74, 6) is -0.280. The van der Waals surface area contributed by atoms with E-state index >= 15 is 0 Å². The summed E-state index contributed by atoms with van der Waals surface area (Å²) in [7, 11) is 1.39. The van der Waals surface area contributed by atoms with Gasteiger partial charge in [-0.2, -0.15) is 5.10 Å². The van der Waals surface area contributed by atoms with E-state index in [2.05, 4.69) is 15.4 Å². The summed E-state index contributed by atoms with van der Waals surface area (Å²) in [5.41, 5.74) is 2.71. The summed E-state index contributed by atoms with van der Waals surface area (Å²) >= 11 is 0. The van der Waals surface area contributed by atoms with Crippen LogP contribution in [0.25, 0.3) is 0 Å². The summed E-state index contributed by atoms with van der Waals surface area (Å²) in [6.07, 6.45) is 3.16. The quantitative estimate of drug-likeness (QED) is 0.657. The summed E-state index contributed by atoms with van der Waals surface area (Å²) in [6.45, 7) is 2.70. The number of nitrogens with zero attached hydrogens (tertiary/aromatic N) is 2. The van der Waals surface area contributed by atoms with Crippen LogP contribution >= 0.6 is 0 Å². The average Bonchev–Trinajstić information content (AvgIpc) is 2.52. The zero-order valence-corrected chi connectivity index (χ0v) is 7.07. The van der Waals surface area contributed by atoms with Gasteiger partial charge in [0.15, 0.2) is 0 Å². The van der Waals surface area contributed by atoms with Crippen LogP contribution in [-0.4, -0.2) is 22.8 Å². The summed E-state index contributed by atoms with van der Waals surface area (Å²) < 4.78 is 1.67. The van der Waals surface area contributed by atoms with E-state index in [-0.39, 0.29) is 5.91 Å². The molecule has 1 aromatic rings. The van der Waals surface area contributed by atoms with Gasteiger partial charge in [-0.15, -0.1) is 0 Å². The molecular formula is C7H11N3O2. The van der Waals surface area contributed by atoms with Gasteiger partial charge in [-0.1, -0.05) is 0 Å². The monoisotopic (exact) mass is 169 g/mol. The van der Waals surface area contributed by atoms with Gasteiger partial charge in [-0.3, -0.25) is 14.3 Å². The van der Waals surface area contributed by atoms with Crippen LogP contribution in [0, 0.1) is 0 Å². The predicted octanol–water partition coefficient (Wildman–Crippen LogP) is 0.194. The molecule has 1 rings (SSSR count). The van der Waals surface area contributed by atoms with Crippen LogP contribution in [0.15, 0.2) is 12.4 Å². The normalized spacial score (nSPS) is 9.83. The Labute approximate surface area is 70.3 Å². The van der Waals surface area contributed by atoms with Crippen LogP contribution < -0.4 is 5.48 Å². The third-order valence-corrected chi connectivity index (χ3v) is 1.41. The fourth-order valence-corrected chi connectivity index (χ4v) is 0.805. The molecule has 1 N–H and O–H groups in total.